The third kappa shape index (κ3) is 4.23. The third-order valence-corrected chi connectivity index (χ3v) is 7.16. The molecule has 0 spiro atoms. The van der Waals surface area contributed by atoms with Crippen LogP contribution < -0.4 is 16.4 Å². The Balaban J connectivity index is 1.43. The lowest BCUT2D eigenvalue weighted by Crippen LogP contribution is -2.27. The molecule has 1 saturated heterocycles. The molecule has 9 heteroatoms. The van der Waals surface area contributed by atoms with Crippen molar-refractivity contribution in [2.24, 2.45) is 10.7 Å². The van der Waals surface area contributed by atoms with Crippen molar-refractivity contribution in [3.05, 3.63) is 72.2 Å². The molecule has 31 heavy (non-hydrogen) atoms. The van der Waals surface area contributed by atoms with Crippen molar-refractivity contribution in [3.8, 4) is 0 Å². The number of nitrogens with one attached hydrogen (secondary N) is 3. The van der Waals surface area contributed by atoms with Gasteiger partial charge in [-0.1, -0.05) is 30.8 Å². The van der Waals surface area contributed by atoms with Gasteiger partial charge in [0.25, 0.3) is 0 Å². The number of hydrogen-bond donors (Lipinski definition) is 4. The van der Waals surface area contributed by atoms with Gasteiger partial charge in [-0.2, -0.15) is 4.31 Å². The molecular weight excluding hydrogens is 412 g/mol. The van der Waals surface area contributed by atoms with Crippen LogP contribution in [0, 0.1) is 5.41 Å². The lowest BCUT2D eigenvalue weighted by molar-refractivity contribution is 0.477. The maximum atomic E-state index is 12.6. The molecular formula is C22H24N6O2S. The van der Waals surface area contributed by atoms with Crippen LogP contribution in [0.5, 0.6) is 0 Å². The summed E-state index contributed by atoms with van der Waals surface area (Å²) >= 11 is 0. The Morgan fingerprint density at radius 2 is 1.65 bits per heavy atom. The van der Waals surface area contributed by atoms with Gasteiger partial charge in [0, 0.05) is 19.3 Å². The smallest absolute Gasteiger partial charge is 0.243 e. The van der Waals surface area contributed by atoms with Crippen molar-refractivity contribution in [3.63, 3.8) is 0 Å². The molecule has 2 aliphatic rings. The van der Waals surface area contributed by atoms with E-state index in [4.69, 9.17) is 11.1 Å². The van der Waals surface area contributed by atoms with E-state index in [2.05, 4.69) is 22.2 Å². The van der Waals surface area contributed by atoms with Gasteiger partial charge >= 0.3 is 0 Å². The summed E-state index contributed by atoms with van der Waals surface area (Å²) in [6.45, 7) is 5.10. The molecule has 5 N–H and O–H groups in total. The standard InChI is InChI=1S/C22H24N6O2S/c1-15(16-8-10-17(11-9-16)31(29,30)28-12-4-5-13-28)14-25-21(24)20(23)22-26-18-6-2-3-7-19(18)27-22/h2-3,6-11,14,24,26-27H,1,4-5,12-13,23H2. The number of fused-ring (bicyclic) bond motifs is 1. The van der Waals surface area contributed by atoms with Crippen LogP contribution >= 0.6 is 0 Å². The Hall–Kier alpha value is -3.43. The number of sulfonamides is 1. The van der Waals surface area contributed by atoms with Gasteiger partial charge in [-0.25, -0.2) is 13.4 Å². The van der Waals surface area contributed by atoms with Gasteiger partial charge in [0.2, 0.25) is 10.0 Å². The molecule has 0 amide bonds. The summed E-state index contributed by atoms with van der Waals surface area (Å²) in [6.07, 6.45) is 3.24. The Bertz CT molecular complexity index is 1170. The second kappa shape index (κ2) is 8.37. The van der Waals surface area contributed by atoms with Gasteiger partial charge in [0.05, 0.1) is 16.3 Å². The summed E-state index contributed by atoms with van der Waals surface area (Å²) < 4.78 is 26.8. The lowest BCUT2D eigenvalue weighted by Gasteiger charge is -2.15. The number of allylic oxidation sites excluding steroid dienone is 1. The predicted molar refractivity (Wildman–Crippen MR) is 125 cm³/mol. The number of anilines is 2. The minimum absolute atomic E-state index is 0.114. The van der Waals surface area contributed by atoms with Crippen LogP contribution in [-0.4, -0.2) is 37.9 Å². The van der Waals surface area contributed by atoms with E-state index in [9.17, 15) is 8.42 Å². The molecule has 0 aromatic heterocycles. The number of aliphatic imine (C=N–C) groups is 1. The highest BCUT2D eigenvalue weighted by atomic mass is 32.2. The van der Waals surface area contributed by atoms with Crippen LogP contribution in [0.4, 0.5) is 11.4 Å². The lowest BCUT2D eigenvalue weighted by atomic mass is 10.1. The van der Waals surface area contributed by atoms with Gasteiger partial charge in [-0.3, -0.25) is 5.41 Å². The van der Waals surface area contributed by atoms with E-state index in [0.29, 0.717) is 30.0 Å². The zero-order valence-electron chi connectivity index (χ0n) is 16.9. The number of hydrogen-bond acceptors (Lipinski definition) is 6. The van der Waals surface area contributed by atoms with E-state index in [1.54, 1.807) is 24.3 Å². The minimum Gasteiger partial charge on any atom is -0.393 e. The molecule has 2 heterocycles. The Labute approximate surface area is 181 Å². The van der Waals surface area contributed by atoms with Gasteiger partial charge in [-0.15, -0.1) is 0 Å². The van der Waals surface area contributed by atoms with Crippen LogP contribution in [0.3, 0.4) is 0 Å². The molecule has 0 saturated carbocycles. The van der Waals surface area contributed by atoms with Crippen molar-refractivity contribution in [1.29, 1.82) is 5.41 Å². The highest BCUT2D eigenvalue weighted by molar-refractivity contribution is 7.89. The van der Waals surface area contributed by atoms with Crippen LogP contribution in [-0.2, 0) is 10.0 Å². The Kier molecular flexibility index (Phi) is 5.62. The SMILES string of the molecule is C=C(C=NC(=N)C(N)=C1Nc2ccccc2N1)c1ccc(S(=O)(=O)N2CCCC2)cc1. The highest BCUT2D eigenvalue weighted by Crippen LogP contribution is 2.30. The second-order valence-corrected chi connectivity index (χ2v) is 9.29. The summed E-state index contributed by atoms with van der Waals surface area (Å²) in [6, 6.07) is 14.2. The summed E-state index contributed by atoms with van der Waals surface area (Å²) in [5.41, 5.74) is 9.26. The number of benzene rings is 2. The molecule has 0 atom stereocenters. The Morgan fingerprint density at radius 1 is 1.06 bits per heavy atom. The topological polar surface area (TPSA) is 124 Å². The molecule has 0 radical (unpaired) electrons. The van der Waals surface area contributed by atoms with E-state index in [-0.39, 0.29) is 16.4 Å². The average Bonchev–Trinajstić information content (AvgIpc) is 3.47. The predicted octanol–water partition coefficient (Wildman–Crippen LogP) is 3.20. The number of nitrogens with two attached hydrogens (primary N) is 1. The van der Waals surface area contributed by atoms with E-state index in [0.717, 1.165) is 24.2 Å². The summed E-state index contributed by atoms with van der Waals surface area (Å²) in [7, 11) is -3.45. The monoisotopic (exact) mass is 436 g/mol. The van der Waals surface area contributed by atoms with Gasteiger partial charge in [-0.05, 0) is 48.2 Å². The molecule has 0 bridgehead atoms. The maximum Gasteiger partial charge on any atom is 0.243 e. The normalized spacial score (nSPS) is 16.1. The molecule has 4 rings (SSSR count). The molecule has 1 fully saturated rings. The van der Waals surface area contributed by atoms with Crippen LogP contribution in [0.2, 0.25) is 0 Å². The summed E-state index contributed by atoms with van der Waals surface area (Å²) in [5.74, 6) is 0.391. The number of para-hydroxylation sites is 2. The number of amidine groups is 1. The quantitative estimate of drug-likeness (QED) is 0.423. The van der Waals surface area contributed by atoms with Crippen LogP contribution in [0.1, 0.15) is 18.4 Å². The fourth-order valence-electron chi connectivity index (χ4n) is 3.46. The Morgan fingerprint density at radius 3 is 2.23 bits per heavy atom. The van der Waals surface area contributed by atoms with Crippen molar-refractivity contribution in [2.75, 3.05) is 23.7 Å². The molecule has 2 aromatic carbocycles. The number of rotatable bonds is 5. The van der Waals surface area contributed by atoms with Crippen molar-refractivity contribution in [1.82, 2.24) is 4.31 Å². The number of nitrogens with zero attached hydrogens (tertiary/aromatic N) is 2. The van der Waals surface area contributed by atoms with E-state index >= 15 is 0 Å². The zero-order chi connectivity index (χ0) is 22.0. The third-order valence-electron chi connectivity index (χ3n) is 5.25. The first-order valence-electron chi connectivity index (χ1n) is 9.91. The molecule has 8 nitrogen and oxygen atoms in total. The van der Waals surface area contributed by atoms with E-state index in [1.807, 2.05) is 24.3 Å². The molecule has 2 aliphatic heterocycles. The average molecular weight is 437 g/mol. The van der Waals surface area contributed by atoms with E-state index < -0.39 is 10.0 Å². The first-order valence-corrected chi connectivity index (χ1v) is 11.4. The van der Waals surface area contributed by atoms with Crippen molar-refractivity contribution in [2.45, 2.75) is 17.7 Å². The van der Waals surface area contributed by atoms with Crippen LogP contribution in [0.25, 0.3) is 5.57 Å². The zero-order valence-corrected chi connectivity index (χ0v) is 17.7. The molecule has 0 aliphatic carbocycles. The van der Waals surface area contributed by atoms with Gasteiger partial charge in [0.1, 0.15) is 11.5 Å². The molecule has 2 aromatic rings. The molecule has 0 unspecified atom stereocenters. The van der Waals surface area contributed by atoms with Gasteiger partial charge in [0.15, 0.2) is 5.84 Å². The fourth-order valence-corrected chi connectivity index (χ4v) is 4.98. The van der Waals surface area contributed by atoms with Gasteiger partial charge < -0.3 is 16.4 Å². The van der Waals surface area contributed by atoms with Crippen molar-refractivity contribution < 1.29 is 8.42 Å². The largest absolute Gasteiger partial charge is 0.393 e. The second-order valence-electron chi connectivity index (χ2n) is 7.35. The van der Waals surface area contributed by atoms with Crippen molar-refractivity contribution >= 4 is 39.0 Å². The summed E-state index contributed by atoms with van der Waals surface area (Å²) in [4.78, 5) is 4.38. The van der Waals surface area contributed by atoms with Crippen LogP contribution in [0.15, 0.2) is 76.5 Å². The first kappa shape index (κ1) is 20.8. The summed E-state index contributed by atoms with van der Waals surface area (Å²) in [5, 5.41) is 14.4. The minimum atomic E-state index is -3.45. The maximum absolute atomic E-state index is 12.6. The molecule has 160 valence electrons. The van der Waals surface area contributed by atoms with E-state index in [1.165, 1.54) is 10.5 Å². The highest BCUT2D eigenvalue weighted by Gasteiger charge is 2.27. The first-order chi connectivity index (χ1) is 14.9. The fraction of sp³-hybridized carbons (Fsp3) is 0.182.